The standard InChI is InChI=1S/C23H46NO7P/c1-2-3-4-5-6-7-8-9-10-11-12-13-14-15-16-17-23(27)24-18-19-30-32(28,29)31-21-22(26)20-25/h9-10,22,25-26H,2-8,11-21H2,1H3,(H,24,27)(H,28,29)/b10-9+. The summed E-state index contributed by atoms with van der Waals surface area (Å²) in [7, 11) is -4.30. The Balaban J connectivity index is 3.44. The number of unbranched alkanes of at least 4 members (excludes halogenated alkanes) is 11. The van der Waals surface area contributed by atoms with Crippen molar-refractivity contribution in [2.24, 2.45) is 0 Å². The monoisotopic (exact) mass is 479 g/mol. The van der Waals surface area contributed by atoms with Crippen LogP contribution in [0.4, 0.5) is 0 Å². The van der Waals surface area contributed by atoms with Gasteiger partial charge in [-0.1, -0.05) is 70.4 Å². The molecule has 0 aromatic rings. The van der Waals surface area contributed by atoms with Crippen LogP contribution in [-0.4, -0.2) is 53.5 Å². The zero-order valence-electron chi connectivity index (χ0n) is 19.9. The zero-order chi connectivity index (χ0) is 23.9. The first-order valence-electron chi connectivity index (χ1n) is 12.2. The van der Waals surface area contributed by atoms with Crippen LogP contribution in [0.1, 0.15) is 96.8 Å². The van der Waals surface area contributed by atoms with Crippen LogP contribution in [0.5, 0.6) is 0 Å². The lowest BCUT2D eigenvalue weighted by Crippen LogP contribution is -2.27. The minimum Gasteiger partial charge on any atom is -0.394 e. The first-order chi connectivity index (χ1) is 15.4. The Morgan fingerprint density at radius 2 is 1.50 bits per heavy atom. The maximum absolute atomic E-state index is 11.8. The minimum absolute atomic E-state index is 0.0976. The van der Waals surface area contributed by atoms with Gasteiger partial charge >= 0.3 is 7.82 Å². The molecule has 0 radical (unpaired) electrons. The number of phosphoric acid groups is 1. The van der Waals surface area contributed by atoms with Crippen LogP contribution in [0.3, 0.4) is 0 Å². The predicted octanol–water partition coefficient (Wildman–Crippen LogP) is 4.63. The molecule has 0 fully saturated rings. The minimum atomic E-state index is -4.30. The van der Waals surface area contributed by atoms with E-state index in [1.807, 2.05) is 0 Å². The fourth-order valence-corrected chi connectivity index (χ4v) is 3.82. The molecule has 9 heteroatoms. The SMILES string of the molecule is CCCCCCCC/C=C/CCCCCCCC(=O)NCCOP(=O)(O)OCC(O)CO. The van der Waals surface area contributed by atoms with Crippen molar-refractivity contribution in [2.75, 3.05) is 26.4 Å². The van der Waals surface area contributed by atoms with Crippen molar-refractivity contribution >= 4 is 13.7 Å². The lowest BCUT2D eigenvalue weighted by atomic mass is 10.1. The van der Waals surface area contributed by atoms with Gasteiger partial charge in [-0.05, 0) is 32.1 Å². The quantitative estimate of drug-likeness (QED) is 0.0956. The van der Waals surface area contributed by atoms with E-state index in [4.69, 9.17) is 10.2 Å². The van der Waals surface area contributed by atoms with Crippen LogP contribution in [-0.2, 0) is 18.4 Å². The summed E-state index contributed by atoms with van der Waals surface area (Å²) in [6.07, 6.45) is 19.5. The molecule has 0 rings (SSSR count). The Morgan fingerprint density at radius 1 is 0.938 bits per heavy atom. The highest BCUT2D eigenvalue weighted by molar-refractivity contribution is 7.47. The summed E-state index contributed by atoms with van der Waals surface area (Å²) in [5.74, 6) is -0.115. The molecule has 0 aromatic carbocycles. The number of aliphatic hydroxyl groups is 2. The molecule has 0 aliphatic heterocycles. The number of carbonyl (C=O) groups is 1. The molecule has 0 bridgehead atoms. The molecule has 0 aromatic heterocycles. The summed E-state index contributed by atoms with van der Waals surface area (Å²) in [5.41, 5.74) is 0. The normalized spacial score (nSPS) is 14.5. The molecule has 0 spiro atoms. The number of nitrogens with one attached hydrogen (secondary N) is 1. The number of rotatable bonds is 23. The number of amides is 1. The lowest BCUT2D eigenvalue weighted by molar-refractivity contribution is -0.121. The average Bonchev–Trinajstić information content (AvgIpc) is 2.77. The Labute approximate surface area is 194 Å². The van der Waals surface area contributed by atoms with E-state index in [0.717, 1.165) is 25.7 Å². The number of hydrogen-bond donors (Lipinski definition) is 4. The number of hydrogen-bond acceptors (Lipinski definition) is 6. The average molecular weight is 480 g/mol. The summed E-state index contributed by atoms with van der Waals surface area (Å²) >= 11 is 0. The van der Waals surface area contributed by atoms with Crippen LogP contribution in [0.25, 0.3) is 0 Å². The van der Waals surface area contributed by atoms with Gasteiger partial charge in [-0.15, -0.1) is 0 Å². The van der Waals surface area contributed by atoms with Crippen molar-refractivity contribution in [2.45, 2.75) is 103 Å². The largest absolute Gasteiger partial charge is 0.472 e. The summed E-state index contributed by atoms with van der Waals surface area (Å²) in [6.45, 7) is 1.08. The Bertz CT molecular complexity index is 517. The van der Waals surface area contributed by atoms with Gasteiger partial charge in [0.1, 0.15) is 6.10 Å². The van der Waals surface area contributed by atoms with Crippen molar-refractivity contribution in [3.8, 4) is 0 Å². The number of aliphatic hydroxyl groups excluding tert-OH is 2. The summed E-state index contributed by atoms with van der Waals surface area (Å²) in [5, 5.41) is 20.3. The highest BCUT2D eigenvalue weighted by atomic mass is 31.2. The summed E-state index contributed by atoms with van der Waals surface area (Å²) in [4.78, 5) is 21.1. The molecule has 4 N–H and O–H groups in total. The Hall–Kier alpha value is -0.760. The molecule has 0 saturated carbocycles. The fraction of sp³-hybridized carbons (Fsp3) is 0.870. The summed E-state index contributed by atoms with van der Waals surface area (Å²) in [6, 6.07) is 0. The molecule has 32 heavy (non-hydrogen) atoms. The van der Waals surface area contributed by atoms with Gasteiger partial charge in [0.25, 0.3) is 0 Å². The van der Waals surface area contributed by atoms with Crippen LogP contribution >= 0.6 is 7.82 Å². The third-order valence-corrected chi connectivity index (χ3v) is 5.97. The first-order valence-corrected chi connectivity index (χ1v) is 13.7. The Morgan fingerprint density at radius 3 is 2.09 bits per heavy atom. The number of carbonyl (C=O) groups excluding carboxylic acids is 1. The van der Waals surface area contributed by atoms with E-state index >= 15 is 0 Å². The molecule has 8 nitrogen and oxygen atoms in total. The number of allylic oxidation sites excluding steroid dienone is 2. The molecule has 2 atom stereocenters. The first kappa shape index (κ1) is 31.2. The molecular formula is C23H46NO7P. The lowest BCUT2D eigenvalue weighted by Gasteiger charge is -2.14. The maximum atomic E-state index is 11.8. The van der Waals surface area contributed by atoms with Crippen molar-refractivity contribution in [3.05, 3.63) is 12.2 Å². The van der Waals surface area contributed by atoms with Crippen molar-refractivity contribution in [3.63, 3.8) is 0 Å². The van der Waals surface area contributed by atoms with E-state index in [1.54, 1.807) is 0 Å². The van der Waals surface area contributed by atoms with Gasteiger partial charge < -0.3 is 20.4 Å². The molecule has 190 valence electrons. The van der Waals surface area contributed by atoms with E-state index in [2.05, 4.69) is 33.4 Å². The van der Waals surface area contributed by atoms with E-state index in [1.165, 1.54) is 57.8 Å². The van der Waals surface area contributed by atoms with Gasteiger partial charge in [0.2, 0.25) is 5.91 Å². The Kier molecular flexibility index (Phi) is 21.5. The smallest absolute Gasteiger partial charge is 0.394 e. The van der Waals surface area contributed by atoms with Gasteiger partial charge in [0.15, 0.2) is 0 Å². The predicted molar refractivity (Wildman–Crippen MR) is 127 cm³/mol. The second-order valence-electron chi connectivity index (χ2n) is 8.12. The van der Waals surface area contributed by atoms with E-state index in [9.17, 15) is 14.3 Å². The van der Waals surface area contributed by atoms with E-state index in [-0.39, 0.29) is 19.1 Å². The molecule has 1 amide bonds. The van der Waals surface area contributed by atoms with Crippen molar-refractivity contribution in [1.29, 1.82) is 0 Å². The second kappa shape index (κ2) is 22.1. The topological polar surface area (TPSA) is 125 Å². The highest BCUT2D eigenvalue weighted by Gasteiger charge is 2.22. The van der Waals surface area contributed by atoms with Gasteiger partial charge in [0.05, 0.1) is 19.8 Å². The summed E-state index contributed by atoms with van der Waals surface area (Å²) < 4.78 is 20.7. The highest BCUT2D eigenvalue weighted by Crippen LogP contribution is 2.42. The molecule has 0 saturated heterocycles. The molecule has 2 unspecified atom stereocenters. The van der Waals surface area contributed by atoms with Gasteiger partial charge in [-0.25, -0.2) is 4.57 Å². The molecular weight excluding hydrogens is 433 g/mol. The maximum Gasteiger partial charge on any atom is 0.472 e. The number of phosphoric ester groups is 1. The van der Waals surface area contributed by atoms with Crippen LogP contribution in [0, 0.1) is 0 Å². The van der Waals surface area contributed by atoms with Crippen LogP contribution in [0.2, 0.25) is 0 Å². The van der Waals surface area contributed by atoms with E-state index in [0.29, 0.717) is 6.42 Å². The second-order valence-corrected chi connectivity index (χ2v) is 9.57. The third-order valence-electron chi connectivity index (χ3n) is 4.99. The fourth-order valence-electron chi connectivity index (χ4n) is 3.07. The van der Waals surface area contributed by atoms with Gasteiger partial charge in [-0.2, -0.15) is 0 Å². The zero-order valence-corrected chi connectivity index (χ0v) is 20.8. The van der Waals surface area contributed by atoms with E-state index < -0.39 is 27.1 Å². The third kappa shape index (κ3) is 22.4. The van der Waals surface area contributed by atoms with Crippen molar-refractivity contribution < 1.29 is 33.5 Å². The van der Waals surface area contributed by atoms with Gasteiger partial charge in [-0.3, -0.25) is 13.8 Å². The molecule has 0 aliphatic carbocycles. The molecule has 0 aliphatic rings. The van der Waals surface area contributed by atoms with Crippen molar-refractivity contribution in [1.82, 2.24) is 5.32 Å². The van der Waals surface area contributed by atoms with Gasteiger partial charge in [0, 0.05) is 13.0 Å². The molecule has 0 heterocycles. The van der Waals surface area contributed by atoms with Crippen LogP contribution in [0.15, 0.2) is 12.2 Å². The van der Waals surface area contributed by atoms with Crippen LogP contribution < -0.4 is 5.32 Å².